The standard InChI is InChI=1S/C51H77N9O13S/c1-12-40-51(10)43(60(48(65)73-51)22-14-13-21-59-29-39(57-58-59)34-17-15-18-35(23-34)56-47(64)72-49(6,7)8)33(5)54-26-30(2)25-50(9,68-11)44(31(3)41(61)32(4)45(63)70-40)71-46-42(62)38(52)24-36(69-46)27-55-74(66,67)37-19-16-20-53-28-37/h15-20,23,28-33,36,38,40,42-44,46,54-55,62H,12-14,21-22,24-27,52H2,1-11H3,(H,56,64)/t30-,31+,32-,33-,36+,38?,40-,42?,43-,44-,46+,50-,51-/m1/s1. The number of carbonyl (C=O) groups excluding carboxylic acids is 4. The summed E-state index contributed by atoms with van der Waals surface area (Å²) in [6.07, 6.45) is -0.484. The molecule has 13 atom stereocenters. The fourth-order valence-electron chi connectivity index (χ4n) is 10.3. The molecule has 3 saturated heterocycles. The number of rotatable bonds is 15. The second-order valence-corrected chi connectivity index (χ2v) is 23.1. The lowest BCUT2D eigenvalue weighted by molar-refractivity contribution is -0.289. The number of esters is 1. The number of aliphatic hydroxyl groups is 1. The first-order chi connectivity index (χ1) is 34.8. The van der Waals surface area contributed by atoms with Crippen LogP contribution in [-0.2, 0) is 54.6 Å². The summed E-state index contributed by atoms with van der Waals surface area (Å²) >= 11 is 0. The summed E-state index contributed by atoms with van der Waals surface area (Å²) in [5, 5.41) is 26.5. The van der Waals surface area contributed by atoms with E-state index in [0.29, 0.717) is 50.3 Å². The van der Waals surface area contributed by atoms with Gasteiger partial charge in [0.05, 0.1) is 30.0 Å². The van der Waals surface area contributed by atoms with Crippen LogP contribution in [0, 0.1) is 17.8 Å². The number of aliphatic hydroxyl groups excluding tert-OH is 1. The number of amides is 2. The summed E-state index contributed by atoms with van der Waals surface area (Å²) in [6.45, 7) is 18.8. The van der Waals surface area contributed by atoms with E-state index < -0.39 is 111 Å². The number of hydrogen-bond acceptors (Lipinski definition) is 18. The Kier molecular flexibility index (Phi) is 19.0. The highest BCUT2D eigenvalue weighted by Crippen LogP contribution is 2.40. The highest BCUT2D eigenvalue weighted by Gasteiger charge is 2.59. The maximum atomic E-state index is 14.6. The predicted molar refractivity (Wildman–Crippen MR) is 272 cm³/mol. The molecular formula is C51H77N9O13S. The molecule has 2 unspecified atom stereocenters. The first-order valence-electron chi connectivity index (χ1n) is 25.5. The molecule has 2 aromatic heterocycles. The Morgan fingerprint density at radius 3 is 2.47 bits per heavy atom. The Balaban J connectivity index is 1.17. The van der Waals surface area contributed by atoms with E-state index in [1.807, 2.05) is 33.0 Å². The molecule has 0 saturated carbocycles. The normalized spacial score (nSPS) is 31.7. The molecule has 0 aliphatic carbocycles. The molecule has 0 bridgehead atoms. The van der Waals surface area contributed by atoms with Crippen molar-refractivity contribution < 1.29 is 61.1 Å². The van der Waals surface area contributed by atoms with Gasteiger partial charge in [0.1, 0.15) is 34.3 Å². The molecule has 3 aromatic rings. The number of nitrogens with two attached hydrogens (primary N) is 1. The van der Waals surface area contributed by atoms with Gasteiger partial charge in [-0.3, -0.25) is 29.5 Å². The molecular weight excluding hydrogens is 979 g/mol. The number of cyclic esters (lactones) is 1. The number of unbranched alkanes of at least 4 members (excludes halogenated alkanes) is 1. The highest BCUT2D eigenvalue weighted by atomic mass is 32.2. The molecule has 410 valence electrons. The van der Waals surface area contributed by atoms with Gasteiger partial charge in [-0.15, -0.1) is 5.10 Å². The van der Waals surface area contributed by atoms with Crippen LogP contribution in [0.25, 0.3) is 11.3 Å². The van der Waals surface area contributed by atoms with E-state index in [1.165, 1.54) is 38.6 Å². The Morgan fingerprint density at radius 2 is 1.80 bits per heavy atom. The Hall–Kier alpha value is -5.14. The van der Waals surface area contributed by atoms with Crippen LogP contribution in [0.2, 0.25) is 0 Å². The first-order valence-corrected chi connectivity index (χ1v) is 26.9. The van der Waals surface area contributed by atoms with E-state index in [4.69, 9.17) is 34.2 Å². The molecule has 6 N–H and O–H groups in total. The number of sulfonamides is 1. The number of fused-ring (bicyclic) bond motifs is 1. The molecule has 3 aliphatic heterocycles. The number of anilines is 1. The number of aromatic nitrogens is 4. The SMILES string of the molecule is CC[C@H]1OC(=O)[C@H](C)C(=O)[C@H](C)[C@@H](O[C@@H]2O[C@H](CNS(=O)(=O)c3cccnc3)CC(N)C2O)[C@](C)(OC)C[C@@H](C)CN[C@H](C)[C@H]2N(CCCCn3cc(-c4cccc(NC(=O)OC(C)(C)C)c4)nn3)C(=O)O[C@]12C. The third kappa shape index (κ3) is 14.0. The minimum absolute atomic E-state index is 0.0400. The second kappa shape index (κ2) is 24.2. The summed E-state index contributed by atoms with van der Waals surface area (Å²) < 4.78 is 67.2. The summed E-state index contributed by atoms with van der Waals surface area (Å²) in [5.41, 5.74) is 5.11. The van der Waals surface area contributed by atoms with Crippen molar-refractivity contribution in [3.63, 3.8) is 0 Å². The van der Waals surface area contributed by atoms with Crippen molar-refractivity contribution in [1.82, 2.24) is 34.9 Å². The molecule has 2 amide bonds. The summed E-state index contributed by atoms with van der Waals surface area (Å²) in [5.74, 6) is -3.86. The molecule has 22 nitrogen and oxygen atoms in total. The average Bonchev–Trinajstić information content (AvgIpc) is 3.93. The molecule has 1 aromatic carbocycles. The van der Waals surface area contributed by atoms with E-state index in [0.717, 1.165) is 5.56 Å². The number of ether oxygens (including phenoxy) is 6. The Labute approximate surface area is 434 Å². The lowest BCUT2D eigenvalue weighted by Crippen LogP contribution is -2.61. The van der Waals surface area contributed by atoms with Gasteiger partial charge in [0.2, 0.25) is 10.0 Å². The zero-order valence-electron chi connectivity index (χ0n) is 44.5. The molecule has 0 radical (unpaired) electrons. The van der Waals surface area contributed by atoms with Crippen molar-refractivity contribution >= 4 is 39.6 Å². The number of hydrogen-bond donors (Lipinski definition) is 5. The third-order valence-corrected chi connectivity index (χ3v) is 15.6. The fraction of sp³-hybridized carbons (Fsp3) is 0.667. The van der Waals surface area contributed by atoms with Crippen LogP contribution >= 0.6 is 0 Å². The van der Waals surface area contributed by atoms with E-state index >= 15 is 0 Å². The molecule has 0 spiro atoms. The van der Waals surface area contributed by atoms with Crippen LogP contribution < -0.4 is 21.1 Å². The number of aryl methyl sites for hydroxylation is 1. The van der Waals surface area contributed by atoms with E-state index in [2.05, 4.69) is 30.7 Å². The van der Waals surface area contributed by atoms with Gasteiger partial charge in [-0.1, -0.05) is 38.1 Å². The van der Waals surface area contributed by atoms with Crippen LogP contribution in [0.15, 0.2) is 59.9 Å². The maximum absolute atomic E-state index is 14.6. The van der Waals surface area contributed by atoms with Gasteiger partial charge in [0, 0.05) is 68.4 Å². The van der Waals surface area contributed by atoms with Crippen molar-refractivity contribution in [2.45, 2.75) is 178 Å². The second-order valence-electron chi connectivity index (χ2n) is 21.4. The van der Waals surface area contributed by atoms with Gasteiger partial charge in [-0.2, -0.15) is 0 Å². The number of pyridine rings is 1. The van der Waals surface area contributed by atoms with Crippen molar-refractivity contribution in [1.29, 1.82) is 0 Å². The minimum Gasteiger partial charge on any atom is -0.458 e. The zero-order valence-corrected chi connectivity index (χ0v) is 45.3. The molecule has 23 heteroatoms. The van der Waals surface area contributed by atoms with Crippen molar-refractivity contribution in [3.8, 4) is 11.3 Å². The van der Waals surface area contributed by atoms with Crippen molar-refractivity contribution in [2.24, 2.45) is 23.5 Å². The zero-order chi connectivity index (χ0) is 54.3. The number of benzene rings is 1. The maximum Gasteiger partial charge on any atom is 0.412 e. The van der Waals surface area contributed by atoms with E-state index in [-0.39, 0.29) is 30.2 Å². The van der Waals surface area contributed by atoms with Gasteiger partial charge < -0.3 is 44.6 Å². The molecule has 5 heterocycles. The lowest BCUT2D eigenvalue weighted by Gasteiger charge is -2.45. The molecule has 3 aliphatic rings. The summed E-state index contributed by atoms with van der Waals surface area (Å²) in [4.78, 5) is 60.7. The number of methoxy groups -OCH3 is 1. The van der Waals surface area contributed by atoms with Gasteiger partial charge in [0.15, 0.2) is 17.7 Å². The largest absolute Gasteiger partial charge is 0.458 e. The van der Waals surface area contributed by atoms with E-state index in [1.54, 1.807) is 69.3 Å². The predicted octanol–water partition coefficient (Wildman–Crippen LogP) is 4.80. The topological polar surface area (TPSA) is 287 Å². The van der Waals surface area contributed by atoms with Gasteiger partial charge in [-0.05, 0) is 117 Å². The average molecular weight is 1060 g/mol. The number of nitrogens with zero attached hydrogens (tertiary/aromatic N) is 5. The van der Waals surface area contributed by atoms with E-state index in [9.17, 15) is 32.7 Å². The number of Topliss-reactive ketones (excluding diaryl/α,β-unsaturated/α-hetero) is 1. The van der Waals surface area contributed by atoms with Gasteiger partial charge >= 0.3 is 18.2 Å². The van der Waals surface area contributed by atoms with Gasteiger partial charge in [-0.25, -0.2) is 22.7 Å². The van der Waals surface area contributed by atoms with Crippen LogP contribution in [0.4, 0.5) is 15.3 Å². The quantitative estimate of drug-likeness (QED) is 0.0591. The number of ketones is 1. The first kappa shape index (κ1) is 58.1. The molecule has 6 rings (SSSR count). The Bertz CT molecular complexity index is 2510. The van der Waals surface area contributed by atoms with Crippen LogP contribution in [0.5, 0.6) is 0 Å². The smallest absolute Gasteiger partial charge is 0.412 e. The minimum atomic E-state index is -3.97. The Morgan fingerprint density at radius 1 is 1.07 bits per heavy atom. The third-order valence-electron chi connectivity index (χ3n) is 14.2. The van der Waals surface area contributed by atoms with Gasteiger partial charge in [0.25, 0.3) is 0 Å². The molecule has 74 heavy (non-hydrogen) atoms. The number of nitrogens with one attached hydrogen (secondary N) is 3. The summed E-state index contributed by atoms with van der Waals surface area (Å²) in [7, 11) is -2.48. The lowest BCUT2D eigenvalue weighted by atomic mass is 9.78. The van der Waals surface area contributed by atoms with Crippen LogP contribution in [0.3, 0.4) is 0 Å². The van der Waals surface area contributed by atoms with Crippen LogP contribution in [0.1, 0.15) is 101 Å². The van der Waals surface area contributed by atoms with Crippen molar-refractivity contribution in [2.75, 3.05) is 32.1 Å². The van der Waals surface area contributed by atoms with Crippen LogP contribution in [-0.4, -0.2) is 155 Å². The highest BCUT2D eigenvalue weighted by molar-refractivity contribution is 7.89. The fourth-order valence-corrected chi connectivity index (χ4v) is 11.3. The molecule has 3 fully saturated rings. The monoisotopic (exact) mass is 1060 g/mol. The van der Waals surface area contributed by atoms with Crippen molar-refractivity contribution in [3.05, 3.63) is 55.0 Å². The number of carbonyl (C=O) groups is 4. The summed E-state index contributed by atoms with van der Waals surface area (Å²) in [6, 6.07) is 8.22.